The van der Waals surface area contributed by atoms with Crippen LogP contribution in [0, 0.1) is 0 Å². The van der Waals surface area contributed by atoms with Crippen LogP contribution < -0.4 is 10.2 Å². The number of fused-ring (bicyclic) bond motifs is 1. The van der Waals surface area contributed by atoms with Crippen LogP contribution in [0.25, 0.3) is 11.1 Å². The maximum absolute atomic E-state index is 3.40. The maximum atomic E-state index is 3.40. The molecular formula is C19H23N3. The highest BCUT2D eigenvalue weighted by molar-refractivity contribution is 5.68. The minimum Gasteiger partial charge on any atom is -0.369 e. The van der Waals surface area contributed by atoms with E-state index in [1.54, 1.807) is 0 Å². The molecule has 0 saturated carbocycles. The van der Waals surface area contributed by atoms with Gasteiger partial charge in [0.25, 0.3) is 0 Å². The third kappa shape index (κ3) is 2.62. The summed E-state index contributed by atoms with van der Waals surface area (Å²) in [7, 11) is 2.18. The van der Waals surface area contributed by atoms with Crippen LogP contribution in [0.4, 0.5) is 5.69 Å². The molecule has 2 aliphatic rings. The summed E-state index contributed by atoms with van der Waals surface area (Å²) in [5, 5.41) is 3.40. The van der Waals surface area contributed by atoms with Crippen molar-refractivity contribution in [1.29, 1.82) is 0 Å². The van der Waals surface area contributed by atoms with Gasteiger partial charge in [-0.2, -0.15) is 0 Å². The Labute approximate surface area is 132 Å². The summed E-state index contributed by atoms with van der Waals surface area (Å²) < 4.78 is 0. The van der Waals surface area contributed by atoms with Gasteiger partial charge in [-0.3, -0.25) is 4.90 Å². The van der Waals surface area contributed by atoms with E-state index in [1.807, 2.05) is 0 Å². The summed E-state index contributed by atoms with van der Waals surface area (Å²) in [6, 6.07) is 16.0. The number of hydrogen-bond donors (Lipinski definition) is 1. The molecule has 2 aromatic rings. The van der Waals surface area contributed by atoms with Crippen molar-refractivity contribution in [3.8, 4) is 11.1 Å². The Bertz CT molecular complexity index is 657. The molecule has 4 rings (SSSR count). The first kappa shape index (κ1) is 13.8. The maximum Gasteiger partial charge on any atom is 0.0367 e. The minimum absolute atomic E-state index is 1.07. The molecule has 22 heavy (non-hydrogen) atoms. The van der Waals surface area contributed by atoms with Crippen LogP contribution in [-0.4, -0.2) is 38.1 Å². The first-order valence-electron chi connectivity index (χ1n) is 8.16. The van der Waals surface area contributed by atoms with Crippen molar-refractivity contribution in [2.24, 2.45) is 0 Å². The number of hydrogen-bond acceptors (Lipinski definition) is 3. The molecule has 2 aliphatic heterocycles. The zero-order valence-electron chi connectivity index (χ0n) is 13.2. The van der Waals surface area contributed by atoms with E-state index in [-0.39, 0.29) is 0 Å². The fraction of sp³-hybridized carbons (Fsp3) is 0.368. The van der Waals surface area contributed by atoms with E-state index in [4.69, 9.17) is 0 Å². The van der Waals surface area contributed by atoms with E-state index in [1.165, 1.54) is 27.9 Å². The lowest BCUT2D eigenvalue weighted by atomic mass is 10.0. The monoisotopic (exact) mass is 293 g/mol. The number of benzene rings is 2. The van der Waals surface area contributed by atoms with Crippen molar-refractivity contribution in [2.75, 3.05) is 38.1 Å². The first-order chi connectivity index (χ1) is 10.8. The predicted octanol–water partition coefficient (Wildman–Crippen LogP) is 2.71. The van der Waals surface area contributed by atoms with Gasteiger partial charge in [-0.1, -0.05) is 24.3 Å². The quantitative estimate of drug-likeness (QED) is 0.918. The molecule has 0 unspecified atom stereocenters. The van der Waals surface area contributed by atoms with E-state index < -0.39 is 0 Å². The molecule has 0 amide bonds. The fourth-order valence-corrected chi connectivity index (χ4v) is 3.53. The normalized spacial score (nSPS) is 18.5. The summed E-state index contributed by atoms with van der Waals surface area (Å²) in [4.78, 5) is 4.82. The summed E-state index contributed by atoms with van der Waals surface area (Å²) >= 11 is 0. The lowest BCUT2D eigenvalue weighted by Gasteiger charge is -2.29. The average Bonchev–Trinajstić information content (AvgIpc) is 2.95. The molecule has 0 bridgehead atoms. The Kier molecular flexibility index (Phi) is 3.60. The Morgan fingerprint density at radius 1 is 0.818 bits per heavy atom. The second kappa shape index (κ2) is 5.75. The topological polar surface area (TPSA) is 18.5 Å². The SMILES string of the molecule is CN1Cc2ccc(-c3ccc(N4CCNCC4)cc3)cc2C1. The summed E-state index contributed by atoms with van der Waals surface area (Å²) in [6.45, 7) is 6.52. The van der Waals surface area contributed by atoms with Gasteiger partial charge in [0.2, 0.25) is 0 Å². The molecule has 114 valence electrons. The van der Waals surface area contributed by atoms with Gasteiger partial charge in [0.1, 0.15) is 0 Å². The fourth-order valence-electron chi connectivity index (χ4n) is 3.53. The molecule has 2 heterocycles. The number of anilines is 1. The van der Waals surface area contributed by atoms with Crippen molar-refractivity contribution in [2.45, 2.75) is 13.1 Å². The summed E-state index contributed by atoms with van der Waals surface area (Å²) in [6.07, 6.45) is 0. The highest BCUT2D eigenvalue weighted by Gasteiger charge is 2.16. The van der Waals surface area contributed by atoms with Crippen molar-refractivity contribution < 1.29 is 0 Å². The lowest BCUT2D eigenvalue weighted by Crippen LogP contribution is -2.43. The van der Waals surface area contributed by atoms with E-state index >= 15 is 0 Å². The number of rotatable bonds is 2. The molecule has 2 aromatic carbocycles. The van der Waals surface area contributed by atoms with Gasteiger partial charge in [-0.15, -0.1) is 0 Å². The first-order valence-corrected chi connectivity index (χ1v) is 8.16. The Morgan fingerprint density at radius 3 is 2.27 bits per heavy atom. The van der Waals surface area contributed by atoms with Crippen LogP contribution in [0.2, 0.25) is 0 Å². The average molecular weight is 293 g/mol. The summed E-state index contributed by atoms with van der Waals surface area (Å²) in [5.41, 5.74) is 6.94. The van der Waals surface area contributed by atoms with Crippen LogP contribution >= 0.6 is 0 Å². The zero-order chi connectivity index (χ0) is 14.9. The van der Waals surface area contributed by atoms with Gasteiger partial charge >= 0.3 is 0 Å². The third-order valence-corrected chi connectivity index (χ3v) is 4.77. The summed E-state index contributed by atoms with van der Waals surface area (Å²) in [5.74, 6) is 0. The zero-order valence-corrected chi connectivity index (χ0v) is 13.2. The molecular weight excluding hydrogens is 270 g/mol. The van der Waals surface area contributed by atoms with Crippen molar-refractivity contribution in [1.82, 2.24) is 10.2 Å². The second-order valence-corrected chi connectivity index (χ2v) is 6.44. The molecule has 0 spiro atoms. The molecule has 0 aromatic heterocycles. The Morgan fingerprint density at radius 2 is 1.50 bits per heavy atom. The van der Waals surface area contributed by atoms with E-state index in [9.17, 15) is 0 Å². The van der Waals surface area contributed by atoms with Gasteiger partial charge in [-0.05, 0) is 47.5 Å². The van der Waals surface area contributed by atoms with Gasteiger partial charge in [-0.25, -0.2) is 0 Å². The van der Waals surface area contributed by atoms with E-state index in [0.29, 0.717) is 0 Å². The molecule has 0 radical (unpaired) electrons. The number of piperazine rings is 1. The molecule has 1 N–H and O–H groups in total. The van der Waals surface area contributed by atoms with Crippen molar-refractivity contribution >= 4 is 5.69 Å². The highest BCUT2D eigenvalue weighted by atomic mass is 15.2. The number of nitrogens with zero attached hydrogens (tertiary/aromatic N) is 2. The number of nitrogens with one attached hydrogen (secondary N) is 1. The van der Waals surface area contributed by atoms with Crippen LogP contribution in [0.15, 0.2) is 42.5 Å². The van der Waals surface area contributed by atoms with Crippen LogP contribution in [0.1, 0.15) is 11.1 Å². The van der Waals surface area contributed by atoms with E-state index in [0.717, 1.165) is 39.3 Å². The predicted molar refractivity (Wildman–Crippen MR) is 92.1 cm³/mol. The van der Waals surface area contributed by atoms with Crippen molar-refractivity contribution in [3.63, 3.8) is 0 Å². The van der Waals surface area contributed by atoms with E-state index in [2.05, 4.69) is 64.6 Å². The second-order valence-electron chi connectivity index (χ2n) is 6.44. The largest absolute Gasteiger partial charge is 0.369 e. The van der Waals surface area contributed by atoms with Gasteiger partial charge in [0.15, 0.2) is 0 Å². The standard InChI is InChI=1S/C19H23N3/c1-21-13-17-3-2-16(12-18(17)14-21)15-4-6-19(7-5-15)22-10-8-20-9-11-22/h2-7,12,20H,8-11,13-14H2,1H3. The van der Waals surface area contributed by atoms with Gasteiger partial charge < -0.3 is 10.2 Å². The molecule has 3 heteroatoms. The Balaban J connectivity index is 1.57. The van der Waals surface area contributed by atoms with Crippen LogP contribution in [0.3, 0.4) is 0 Å². The van der Waals surface area contributed by atoms with Gasteiger partial charge in [0.05, 0.1) is 0 Å². The van der Waals surface area contributed by atoms with Crippen molar-refractivity contribution in [3.05, 3.63) is 53.6 Å². The van der Waals surface area contributed by atoms with Gasteiger partial charge in [0, 0.05) is 45.0 Å². The van der Waals surface area contributed by atoms with Crippen LogP contribution in [0.5, 0.6) is 0 Å². The molecule has 0 atom stereocenters. The Hall–Kier alpha value is -1.84. The third-order valence-electron chi connectivity index (χ3n) is 4.77. The highest BCUT2D eigenvalue weighted by Crippen LogP contribution is 2.29. The lowest BCUT2D eigenvalue weighted by molar-refractivity contribution is 0.353. The molecule has 3 nitrogen and oxygen atoms in total. The molecule has 0 aliphatic carbocycles. The molecule has 1 saturated heterocycles. The minimum atomic E-state index is 1.07. The molecule has 1 fully saturated rings. The van der Waals surface area contributed by atoms with Crippen LogP contribution in [-0.2, 0) is 13.1 Å². The smallest absolute Gasteiger partial charge is 0.0367 e.